The maximum absolute atomic E-state index is 13.8. The SMILES string of the molecule is COc1cccc([C@H]2C[C@@H](C(F)(F)F)n3ncc(C(=O)N4CCCCC4)c3N2)c1. The maximum Gasteiger partial charge on any atom is 0.410 e. The largest absolute Gasteiger partial charge is 0.497 e. The summed E-state index contributed by atoms with van der Waals surface area (Å²) < 4.78 is 47.6. The molecule has 2 aliphatic rings. The number of likely N-dealkylation sites (tertiary alicyclic amines) is 1. The Balaban J connectivity index is 1.71. The fraction of sp³-hybridized carbons (Fsp3) is 0.500. The number of benzene rings is 1. The highest BCUT2D eigenvalue weighted by Gasteiger charge is 2.47. The van der Waals surface area contributed by atoms with Crippen molar-refractivity contribution in [3.05, 3.63) is 41.6 Å². The van der Waals surface area contributed by atoms with Gasteiger partial charge in [0.25, 0.3) is 5.91 Å². The number of methoxy groups -OCH3 is 1. The molecule has 1 amide bonds. The molecule has 3 heterocycles. The van der Waals surface area contributed by atoms with Gasteiger partial charge in [-0.3, -0.25) is 4.79 Å². The number of amides is 1. The van der Waals surface area contributed by atoms with E-state index in [9.17, 15) is 18.0 Å². The van der Waals surface area contributed by atoms with Crippen molar-refractivity contribution in [3.8, 4) is 5.75 Å². The van der Waals surface area contributed by atoms with E-state index in [0.29, 0.717) is 24.4 Å². The number of nitrogens with zero attached hydrogens (tertiary/aromatic N) is 3. The van der Waals surface area contributed by atoms with Crippen molar-refractivity contribution in [1.82, 2.24) is 14.7 Å². The highest BCUT2D eigenvalue weighted by Crippen LogP contribution is 2.44. The second-order valence-corrected chi connectivity index (χ2v) is 7.47. The Labute approximate surface area is 166 Å². The minimum atomic E-state index is -4.48. The van der Waals surface area contributed by atoms with Crippen LogP contribution in [0.4, 0.5) is 19.0 Å². The zero-order valence-corrected chi connectivity index (χ0v) is 16.1. The van der Waals surface area contributed by atoms with Crippen LogP contribution in [0.2, 0.25) is 0 Å². The average Bonchev–Trinajstić information content (AvgIpc) is 3.16. The third-order valence-corrected chi connectivity index (χ3v) is 5.61. The lowest BCUT2D eigenvalue weighted by molar-refractivity contribution is -0.173. The zero-order chi connectivity index (χ0) is 20.6. The quantitative estimate of drug-likeness (QED) is 0.828. The molecule has 1 fully saturated rings. The summed E-state index contributed by atoms with van der Waals surface area (Å²) in [6.07, 6.45) is -0.581. The van der Waals surface area contributed by atoms with Crippen LogP contribution in [0.5, 0.6) is 5.75 Å². The van der Waals surface area contributed by atoms with Crippen LogP contribution in [0.3, 0.4) is 0 Å². The fourth-order valence-electron chi connectivity index (χ4n) is 4.06. The highest BCUT2D eigenvalue weighted by molar-refractivity contribution is 5.99. The molecule has 0 unspecified atom stereocenters. The van der Waals surface area contributed by atoms with Crippen LogP contribution < -0.4 is 10.1 Å². The second-order valence-electron chi connectivity index (χ2n) is 7.47. The first-order valence-electron chi connectivity index (χ1n) is 9.72. The summed E-state index contributed by atoms with van der Waals surface area (Å²) in [5.41, 5.74) is 0.858. The van der Waals surface area contributed by atoms with E-state index in [1.54, 1.807) is 29.2 Å². The minimum Gasteiger partial charge on any atom is -0.497 e. The normalized spacial score (nSPS) is 22.0. The lowest BCUT2D eigenvalue weighted by Gasteiger charge is -2.34. The second kappa shape index (κ2) is 7.61. The maximum atomic E-state index is 13.8. The summed E-state index contributed by atoms with van der Waals surface area (Å²) in [6.45, 7) is 1.23. The van der Waals surface area contributed by atoms with Crippen LogP contribution in [0.25, 0.3) is 0 Å². The number of carbonyl (C=O) groups is 1. The topological polar surface area (TPSA) is 59.4 Å². The number of alkyl halides is 3. The minimum absolute atomic E-state index is 0.127. The van der Waals surface area contributed by atoms with Gasteiger partial charge in [-0.15, -0.1) is 0 Å². The molecule has 9 heteroatoms. The smallest absolute Gasteiger partial charge is 0.410 e. The van der Waals surface area contributed by atoms with Gasteiger partial charge in [0, 0.05) is 19.5 Å². The van der Waals surface area contributed by atoms with Crippen molar-refractivity contribution in [2.24, 2.45) is 0 Å². The molecule has 156 valence electrons. The molecule has 1 aromatic heterocycles. The number of aromatic nitrogens is 2. The van der Waals surface area contributed by atoms with E-state index in [-0.39, 0.29) is 23.7 Å². The van der Waals surface area contributed by atoms with E-state index >= 15 is 0 Å². The Morgan fingerprint density at radius 1 is 1.24 bits per heavy atom. The van der Waals surface area contributed by atoms with Crippen LogP contribution in [-0.4, -0.2) is 47.0 Å². The van der Waals surface area contributed by atoms with E-state index in [4.69, 9.17) is 4.74 Å². The van der Waals surface area contributed by atoms with Crippen molar-refractivity contribution >= 4 is 11.7 Å². The Hall–Kier alpha value is -2.71. The number of hydrogen-bond acceptors (Lipinski definition) is 4. The van der Waals surface area contributed by atoms with Crippen molar-refractivity contribution in [1.29, 1.82) is 0 Å². The van der Waals surface area contributed by atoms with E-state index in [2.05, 4.69) is 10.4 Å². The fourth-order valence-corrected chi connectivity index (χ4v) is 4.06. The van der Waals surface area contributed by atoms with Crippen LogP contribution in [0, 0.1) is 0 Å². The molecule has 0 spiro atoms. The van der Waals surface area contributed by atoms with Crippen LogP contribution in [0.15, 0.2) is 30.5 Å². The average molecular weight is 408 g/mol. The number of piperidine rings is 1. The first-order valence-corrected chi connectivity index (χ1v) is 9.72. The predicted octanol–water partition coefficient (Wildman–Crippen LogP) is 4.18. The molecule has 6 nitrogen and oxygen atoms in total. The third-order valence-electron chi connectivity index (χ3n) is 5.61. The molecule has 0 bridgehead atoms. The molecule has 2 aliphatic heterocycles. The lowest BCUT2D eigenvalue weighted by atomic mass is 9.96. The first-order chi connectivity index (χ1) is 13.9. The molecule has 4 rings (SSSR count). The van der Waals surface area contributed by atoms with Crippen molar-refractivity contribution < 1.29 is 22.7 Å². The summed E-state index contributed by atoms with van der Waals surface area (Å²) in [6, 6.07) is 4.52. The van der Waals surface area contributed by atoms with Gasteiger partial charge in [-0.25, -0.2) is 4.68 Å². The summed E-state index contributed by atoms with van der Waals surface area (Å²) in [5.74, 6) is 0.421. The van der Waals surface area contributed by atoms with Crippen LogP contribution >= 0.6 is 0 Å². The number of hydrogen-bond donors (Lipinski definition) is 1. The van der Waals surface area contributed by atoms with Gasteiger partial charge in [0.2, 0.25) is 0 Å². The van der Waals surface area contributed by atoms with Gasteiger partial charge in [-0.05, 0) is 37.0 Å². The molecule has 29 heavy (non-hydrogen) atoms. The predicted molar refractivity (Wildman–Crippen MR) is 101 cm³/mol. The van der Waals surface area contributed by atoms with Gasteiger partial charge < -0.3 is 15.0 Å². The number of rotatable bonds is 3. The zero-order valence-electron chi connectivity index (χ0n) is 16.1. The molecule has 1 N–H and O–H groups in total. The van der Waals surface area contributed by atoms with Gasteiger partial charge in [0.15, 0.2) is 6.04 Å². The monoisotopic (exact) mass is 408 g/mol. The van der Waals surface area contributed by atoms with E-state index in [0.717, 1.165) is 23.9 Å². The molecule has 0 aliphatic carbocycles. The molecule has 2 aromatic rings. The lowest BCUT2D eigenvalue weighted by Crippen LogP contribution is -2.38. The van der Waals surface area contributed by atoms with Crippen LogP contribution in [0.1, 0.15) is 53.7 Å². The van der Waals surface area contributed by atoms with Crippen molar-refractivity contribution in [2.75, 3.05) is 25.5 Å². The summed E-state index contributed by atoms with van der Waals surface area (Å²) in [4.78, 5) is 14.7. The number of fused-ring (bicyclic) bond motifs is 1. The van der Waals surface area contributed by atoms with Gasteiger partial charge >= 0.3 is 6.18 Å². The molecule has 0 saturated carbocycles. The Morgan fingerprint density at radius 2 is 2.00 bits per heavy atom. The molecule has 1 aromatic carbocycles. The number of nitrogens with one attached hydrogen (secondary N) is 1. The summed E-state index contributed by atoms with van der Waals surface area (Å²) in [7, 11) is 1.51. The number of carbonyl (C=O) groups excluding carboxylic acids is 1. The first kappa shape index (κ1) is 19.6. The Bertz CT molecular complexity index is 890. The molecule has 0 radical (unpaired) electrons. The molecule has 1 saturated heterocycles. The number of anilines is 1. The Kier molecular flexibility index (Phi) is 5.14. The van der Waals surface area contributed by atoms with Gasteiger partial charge in [-0.1, -0.05) is 12.1 Å². The number of halogens is 3. The van der Waals surface area contributed by atoms with Gasteiger partial charge in [0.05, 0.1) is 19.3 Å². The number of ether oxygens (including phenoxy) is 1. The van der Waals surface area contributed by atoms with E-state index < -0.39 is 18.3 Å². The summed E-state index contributed by atoms with van der Waals surface area (Å²) >= 11 is 0. The summed E-state index contributed by atoms with van der Waals surface area (Å²) in [5, 5.41) is 7.08. The molecular weight excluding hydrogens is 385 g/mol. The van der Waals surface area contributed by atoms with Crippen molar-refractivity contribution in [3.63, 3.8) is 0 Å². The highest BCUT2D eigenvalue weighted by atomic mass is 19.4. The molecular formula is C20H23F3N4O2. The van der Waals surface area contributed by atoms with Gasteiger partial charge in [0.1, 0.15) is 17.1 Å². The molecule has 2 atom stereocenters. The van der Waals surface area contributed by atoms with E-state index in [1.807, 2.05) is 0 Å². The van der Waals surface area contributed by atoms with Crippen LogP contribution in [-0.2, 0) is 0 Å². The standard InChI is InChI=1S/C20H23F3N4O2/c1-29-14-7-5-6-13(10-14)16-11-17(20(21,22)23)27-18(25-16)15(12-24-27)19(28)26-8-3-2-4-9-26/h5-7,10,12,16-17,25H,2-4,8-9,11H2,1H3/t16-,17+/m1/s1. The third kappa shape index (κ3) is 3.77. The van der Waals surface area contributed by atoms with Crippen molar-refractivity contribution in [2.45, 2.75) is 43.9 Å². The van der Waals surface area contributed by atoms with Gasteiger partial charge in [-0.2, -0.15) is 18.3 Å². The van der Waals surface area contributed by atoms with E-state index in [1.165, 1.54) is 13.3 Å². The Morgan fingerprint density at radius 3 is 2.69 bits per heavy atom.